The third-order valence-electron chi connectivity index (χ3n) is 3.03. The molecule has 0 saturated heterocycles. The van der Waals surface area contributed by atoms with Crippen LogP contribution >= 0.6 is 0 Å². The van der Waals surface area contributed by atoms with Crippen LogP contribution in [0.1, 0.15) is 59.3 Å². The van der Waals surface area contributed by atoms with Gasteiger partial charge in [-0.3, -0.25) is 9.59 Å². The maximum Gasteiger partial charge on any atom is 0.303 e. The number of hydrogen-bond acceptors (Lipinski definition) is 2. The molecule has 0 fully saturated rings. The van der Waals surface area contributed by atoms with E-state index in [0.717, 1.165) is 19.3 Å². The molecule has 2 N–H and O–H groups in total. The van der Waals surface area contributed by atoms with Crippen molar-refractivity contribution in [3.63, 3.8) is 0 Å². The largest absolute Gasteiger partial charge is 0.481 e. The summed E-state index contributed by atoms with van der Waals surface area (Å²) in [6.07, 6.45) is 3.84. The van der Waals surface area contributed by atoms with Crippen molar-refractivity contribution in [3.8, 4) is 0 Å². The van der Waals surface area contributed by atoms with Crippen LogP contribution in [0.5, 0.6) is 0 Å². The van der Waals surface area contributed by atoms with E-state index in [9.17, 15) is 9.59 Å². The van der Waals surface area contributed by atoms with Crippen LogP contribution in [-0.2, 0) is 9.59 Å². The Morgan fingerprint density at radius 1 is 1.12 bits per heavy atom. The van der Waals surface area contributed by atoms with Crippen LogP contribution in [0, 0.1) is 11.3 Å². The van der Waals surface area contributed by atoms with E-state index in [2.05, 4.69) is 6.92 Å². The summed E-state index contributed by atoms with van der Waals surface area (Å²) in [6.45, 7) is 6.02. The van der Waals surface area contributed by atoms with Crippen molar-refractivity contribution >= 4 is 11.9 Å². The lowest BCUT2D eigenvalue weighted by molar-refractivity contribution is -0.139. The van der Waals surface area contributed by atoms with E-state index in [1.165, 1.54) is 0 Å². The monoisotopic (exact) mass is 244 g/mol. The molecule has 0 aliphatic heterocycles. The first-order valence-electron chi connectivity index (χ1n) is 6.16. The smallest absolute Gasteiger partial charge is 0.303 e. The maximum absolute atomic E-state index is 10.6. The fourth-order valence-corrected chi connectivity index (χ4v) is 1.88. The predicted molar refractivity (Wildman–Crippen MR) is 65.9 cm³/mol. The van der Waals surface area contributed by atoms with Gasteiger partial charge in [0.05, 0.1) is 6.42 Å². The van der Waals surface area contributed by atoms with Crippen molar-refractivity contribution in [2.45, 2.75) is 59.3 Å². The van der Waals surface area contributed by atoms with Crippen LogP contribution in [0.15, 0.2) is 0 Å². The van der Waals surface area contributed by atoms with Gasteiger partial charge in [-0.25, -0.2) is 0 Å². The molecule has 0 aromatic rings. The van der Waals surface area contributed by atoms with Crippen molar-refractivity contribution in [3.05, 3.63) is 0 Å². The Labute approximate surface area is 103 Å². The zero-order valence-corrected chi connectivity index (χ0v) is 11.0. The van der Waals surface area contributed by atoms with Crippen molar-refractivity contribution in [1.29, 1.82) is 0 Å². The van der Waals surface area contributed by atoms with E-state index >= 15 is 0 Å². The number of aliphatic carboxylic acids is 2. The van der Waals surface area contributed by atoms with Gasteiger partial charge in [0.2, 0.25) is 0 Å². The molecule has 0 aliphatic rings. The Balaban J connectivity index is 3.78. The normalized spacial score (nSPS) is 13.4. The quantitative estimate of drug-likeness (QED) is 0.653. The second-order valence-corrected chi connectivity index (χ2v) is 5.66. The second-order valence-electron chi connectivity index (χ2n) is 5.66. The number of rotatable bonds is 9. The number of carboxylic acid groups (broad SMARTS) is 2. The van der Waals surface area contributed by atoms with Gasteiger partial charge in [-0.1, -0.05) is 33.6 Å². The molecular formula is C13H24O4. The molecule has 0 radical (unpaired) electrons. The van der Waals surface area contributed by atoms with Gasteiger partial charge >= 0.3 is 11.9 Å². The Hall–Kier alpha value is -1.06. The van der Waals surface area contributed by atoms with E-state index in [-0.39, 0.29) is 18.3 Å². The van der Waals surface area contributed by atoms with Crippen LogP contribution in [0.25, 0.3) is 0 Å². The highest BCUT2D eigenvalue weighted by Gasteiger charge is 2.22. The van der Waals surface area contributed by atoms with Gasteiger partial charge < -0.3 is 10.2 Å². The first kappa shape index (κ1) is 15.9. The van der Waals surface area contributed by atoms with Crippen molar-refractivity contribution in [1.82, 2.24) is 0 Å². The molecule has 0 aromatic heterocycles. The molecule has 17 heavy (non-hydrogen) atoms. The maximum atomic E-state index is 10.6. The standard InChI is InChI=1S/C13H24O4/c1-10(5-4-6-11(14)15)7-8-13(2,3)9-12(16)17/h10H,4-9H2,1-3H3,(H,14,15)(H,16,17). The van der Waals surface area contributed by atoms with Gasteiger partial charge in [0.15, 0.2) is 0 Å². The summed E-state index contributed by atoms with van der Waals surface area (Å²) in [5.74, 6) is -1.04. The third kappa shape index (κ3) is 9.85. The lowest BCUT2D eigenvalue weighted by Gasteiger charge is -2.24. The number of carbonyl (C=O) groups is 2. The average Bonchev–Trinajstić information content (AvgIpc) is 2.12. The molecule has 0 spiro atoms. The number of carboxylic acids is 2. The molecule has 0 amide bonds. The van der Waals surface area contributed by atoms with E-state index in [0.29, 0.717) is 12.3 Å². The fourth-order valence-electron chi connectivity index (χ4n) is 1.88. The molecule has 1 unspecified atom stereocenters. The lowest BCUT2D eigenvalue weighted by Crippen LogP contribution is -2.17. The van der Waals surface area contributed by atoms with Crippen LogP contribution < -0.4 is 0 Å². The predicted octanol–water partition coefficient (Wildman–Crippen LogP) is 3.16. The first-order valence-corrected chi connectivity index (χ1v) is 6.16. The summed E-state index contributed by atoms with van der Waals surface area (Å²) in [6, 6.07) is 0. The van der Waals surface area contributed by atoms with Crippen LogP contribution in [0.3, 0.4) is 0 Å². The van der Waals surface area contributed by atoms with Gasteiger partial charge in [-0.15, -0.1) is 0 Å². The Kier molecular flexibility index (Phi) is 6.85. The highest BCUT2D eigenvalue weighted by Crippen LogP contribution is 2.29. The minimum absolute atomic E-state index is 0.174. The molecule has 0 aliphatic carbocycles. The van der Waals surface area contributed by atoms with Crippen molar-refractivity contribution in [2.24, 2.45) is 11.3 Å². The summed E-state index contributed by atoms with van der Waals surface area (Å²) < 4.78 is 0. The lowest BCUT2D eigenvalue weighted by atomic mass is 9.81. The summed E-state index contributed by atoms with van der Waals surface area (Å²) >= 11 is 0. The van der Waals surface area contributed by atoms with Gasteiger partial charge in [0.25, 0.3) is 0 Å². The Morgan fingerprint density at radius 3 is 2.18 bits per heavy atom. The van der Waals surface area contributed by atoms with Crippen LogP contribution in [0.4, 0.5) is 0 Å². The van der Waals surface area contributed by atoms with E-state index in [4.69, 9.17) is 10.2 Å². The molecule has 0 rings (SSSR count). The third-order valence-corrected chi connectivity index (χ3v) is 3.03. The highest BCUT2D eigenvalue weighted by atomic mass is 16.4. The molecule has 1 atom stereocenters. The molecule has 0 heterocycles. The summed E-state index contributed by atoms with van der Waals surface area (Å²) in [4.78, 5) is 21.0. The molecule has 4 heteroatoms. The van der Waals surface area contributed by atoms with E-state index in [1.54, 1.807) is 0 Å². The minimum atomic E-state index is -0.756. The first-order chi connectivity index (χ1) is 7.73. The second kappa shape index (κ2) is 7.30. The average molecular weight is 244 g/mol. The van der Waals surface area contributed by atoms with Crippen molar-refractivity contribution < 1.29 is 19.8 Å². The van der Waals surface area contributed by atoms with Gasteiger partial charge in [-0.05, 0) is 24.2 Å². The molecule has 4 nitrogen and oxygen atoms in total. The molecular weight excluding hydrogens is 220 g/mol. The molecule has 100 valence electrons. The highest BCUT2D eigenvalue weighted by molar-refractivity contribution is 5.67. The number of hydrogen-bond donors (Lipinski definition) is 2. The summed E-state index contributed by atoms with van der Waals surface area (Å²) in [5.41, 5.74) is -0.174. The molecule has 0 bridgehead atoms. The van der Waals surface area contributed by atoms with Gasteiger partial charge in [0.1, 0.15) is 0 Å². The topological polar surface area (TPSA) is 74.6 Å². The van der Waals surface area contributed by atoms with E-state index < -0.39 is 11.9 Å². The van der Waals surface area contributed by atoms with Gasteiger partial charge in [0, 0.05) is 6.42 Å². The Bertz CT molecular complexity index is 258. The fraction of sp³-hybridized carbons (Fsp3) is 0.846. The van der Waals surface area contributed by atoms with Crippen LogP contribution in [-0.4, -0.2) is 22.2 Å². The zero-order valence-electron chi connectivity index (χ0n) is 11.0. The molecule has 0 saturated carbocycles. The van der Waals surface area contributed by atoms with Crippen LogP contribution in [0.2, 0.25) is 0 Å². The minimum Gasteiger partial charge on any atom is -0.481 e. The Morgan fingerprint density at radius 2 is 1.71 bits per heavy atom. The zero-order chi connectivity index (χ0) is 13.5. The summed E-state index contributed by atoms with van der Waals surface area (Å²) in [5, 5.41) is 17.3. The molecule has 0 aromatic carbocycles. The van der Waals surface area contributed by atoms with Gasteiger partial charge in [-0.2, -0.15) is 0 Å². The van der Waals surface area contributed by atoms with Crippen molar-refractivity contribution in [2.75, 3.05) is 0 Å². The summed E-state index contributed by atoms with van der Waals surface area (Å²) in [7, 11) is 0. The SMILES string of the molecule is CC(CCCC(=O)O)CCC(C)(C)CC(=O)O. The van der Waals surface area contributed by atoms with E-state index in [1.807, 2.05) is 13.8 Å².